The van der Waals surface area contributed by atoms with E-state index in [1.165, 1.54) is 5.01 Å². The Bertz CT molecular complexity index is 1350. The molecule has 1 saturated heterocycles. The van der Waals surface area contributed by atoms with Crippen LogP contribution in [0.3, 0.4) is 0 Å². The van der Waals surface area contributed by atoms with Crippen LogP contribution in [0.15, 0.2) is 72.8 Å². The molecular formula is C32H34F3N3O2. The highest BCUT2D eigenvalue weighted by molar-refractivity contribution is 5.97. The topological polar surface area (TPSA) is 52.7 Å². The first-order valence-electron chi connectivity index (χ1n) is 14.0. The van der Waals surface area contributed by atoms with Crippen molar-refractivity contribution >= 4 is 11.8 Å². The second-order valence-electron chi connectivity index (χ2n) is 10.6. The minimum absolute atomic E-state index is 0.180. The Hall–Kier alpha value is -3.65. The molecule has 0 radical (unpaired) electrons. The van der Waals surface area contributed by atoms with E-state index in [1.807, 2.05) is 48.5 Å². The maximum atomic E-state index is 14.2. The Labute approximate surface area is 233 Å². The van der Waals surface area contributed by atoms with Crippen LogP contribution in [0.25, 0.3) is 11.1 Å². The van der Waals surface area contributed by atoms with Crippen LogP contribution < -0.4 is 5.32 Å². The molecule has 1 N–H and O–H groups in total. The highest BCUT2D eigenvalue weighted by atomic mass is 19.4. The molecular weight excluding hydrogens is 515 g/mol. The van der Waals surface area contributed by atoms with Gasteiger partial charge in [-0.05, 0) is 65.6 Å². The van der Waals surface area contributed by atoms with Crippen LogP contribution in [0.4, 0.5) is 13.2 Å². The molecule has 1 heterocycles. The molecule has 1 fully saturated rings. The number of unbranched alkanes of at least 4 members (excludes halogenated alkanes) is 1. The molecule has 1 aliphatic heterocycles. The molecule has 210 valence electrons. The summed E-state index contributed by atoms with van der Waals surface area (Å²) in [5.74, 6) is -1.56. The zero-order valence-corrected chi connectivity index (χ0v) is 22.6. The number of alkyl halides is 3. The first-order chi connectivity index (χ1) is 19.3. The maximum absolute atomic E-state index is 14.2. The number of piperidine rings is 1. The average molecular weight is 550 g/mol. The van der Waals surface area contributed by atoms with Crippen molar-refractivity contribution in [3.8, 4) is 11.1 Å². The number of hydrogen-bond acceptors (Lipinski definition) is 3. The van der Waals surface area contributed by atoms with Gasteiger partial charge in [-0.1, -0.05) is 74.0 Å². The molecule has 0 spiro atoms. The second kappa shape index (κ2) is 11.8. The lowest BCUT2D eigenvalue weighted by Gasteiger charge is -2.41. The summed E-state index contributed by atoms with van der Waals surface area (Å²) in [7, 11) is 0. The lowest BCUT2D eigenvalue weighted by molar-refractivity contribution is -0.194. The van der Waals surface area contributed by atoms with Crippen LogP contribution in [0.2, 0.25) is 0 Å². The Morgan fingerprint density at radius 1 is 0.925 bits per heavy atom. The summed E-state index contributed by atoms with van der Waals surface area (Å²) in [5, 5.41) is 5.43. The van der Waals surface area contributed by atoms with Crippen molar-refractivity contribution in [2.75, 3.05) is 19.6 Å². The molecule has 0 bridgehead atoms. The standard InChI is InChI=1S/C32H34F3N3O2/c1-2-3-10-22-13-9-16-26-25-14-7-8-15-27(25)29(28(22)26)31(40)38(21-32(33,34)35)37-19-17-24(18-20-37)36-30(39)23-11-5-4-6-12-23/h4-9,11-16,24,29H,2-3,10,17-21H2,1H3,(H,36,39). The van der Waals surface area contributed by atoms with E-state index in [4.69, 9.17) is 0 Å². The van der Waals surface area contributed by atoms with Crippen LogP contribution >= 0.6 is 0 Å². The van der Waals surface area contributed by atoms with Crippen molar-refractivity contribution in [2.45, 2.75) is 57.2 Å². The Morgan fingerprint density at radius 3 is 2.30 bits per heavy atom. The van der Waals surface area contributed by atoms with Gasteiger partial charge in [0.2, 0.25) is 5.91 Å². The molecule has 3 aromatic rings. The molecule has 5 rings (SSSR count). The van der Waals surface area contributed by atoms with Gasteiger partial charge in [-0.2, -0.15) is 13.2 Å². The van der Waals surface area contributed by atoms with Crippen molar-refractivity contribution in [2.24, 2.45) is 0 Å². The van der Waals surface area contributed by atoms with E-state index < -0.39 is 24.5 Å². The lowest BCUT2D eigenvalue weighted by Crippen LogP contribution is -2.56. The second-order valence-corrected chi connectivity index (χ2v) is 10.6. The quantitative estimate of drug-likeness (QED) is 0.357. The van der Waals surface area contributed by atoms with Crippen LogP contribution in [0, 0.1) is 0 Å². The van der Waals surface area contributed by atoms with Gasteiger partial charge in [0.25, 0.3) is 5.91 Å². The number of fused-ring (bicyclic) bond motifs is 3. The van der Waals surface area contributed by atoms with Gasteiger partial charge in [-0.15, -0.1) is 0 Å². The molecule has 0 aromatic heterocycles. The molecule has 1 aliphatic carbocycles. The summed E-state index contributed by atoms with van der Waals surface area (Å²) in [4.78, 5) is 26.8. The number of carbonyl (C=O) groups is 2. The largest absolute Gasteiger partial charge is 0.407 e. The summed E-state index contributed by atoms with van der Waals surface area (Å²) in [6.07, 6.45) is -0.993. The van der Waals surface area contributed by atoms with Crippen molar-refractivity contribution in [1.82, 2.24) is 15.3 Å². The first-order valence-corrected chi connectivity index (χ1v) is 14.0. The fraction of sp³-hybridized carbons (Fsp3) is 0.375. The molecule has 40 heavy (non-hydrogen) atoms. The minimum Gasteiger partial charge on any atom is -0.349 e. The van der Waals surface area contributed by atoms with E-state index in [9.17, 15) is 22.8 Å². The van der Waals surface area contributed by atoms with Crippen LogP contribution in [0.1, 0.15) is 65.6 Å². The normalized spacial score (nSPS) is 17.2. The van der Waals surface area contributed by atoms with E-state index in [1.54, 1.807) is 24.3 Å². The van der Waals surface area contributed by atoms with Gasteiger partial charge >= 0.3 is 6.18 Å². The van der Waals surface area contributed by atoms with E-state index in [-0.39, 0.29) is 25.0 Å². The zero-order valence-electron chi connectivity index (χ0n) is 22.6. The molecule has 1 unspecified atom stereocenters. The highest BCUT2D eigenvalue weighted by Gasteiger charge is 2.43. The number of nitrogens with zero attached hydrogens (tertiary/aromatic N) is 2. The van der Waals surface area contributed by atoms with Crippen LogP contribution in [-0.4, -0.2) is 53.7 Å². The van der Waals surface area contributed by atoms with E-state index in [0.717, 1.165) is 52.1 Å². The fourth-order valence-electron chi connectivity index (χ4n) is 5.93. The van der Waals surface area contributed by atoms with Crippen LogP contribution in [-0.2, 0) is 11.2 Å². The van der Waals surface area contributed by atoms with Gasteiger partial charge in [-0.3, -0.25) is 14.6 Å². The van der Waals surface area contributed by atoms with Gasteiger partial charge in [0.05, 0.1) is 5.92 Å². The summed E-state index contributed by atoms with van der Waals surface area (Å²) >= 11 is 0. The van der Waals surface area contributed by atoms with Crippen LogP contribution in [0.5, 0.6) is 0 Å². The number of carbonyl (C=O) groups excluding carboxylic acids is 2. The molecule has 2 aliphatic rings. The van der Waals surface area contributed by atoms with Gasteiger partial charge in [-0.25, -0.2) is 5.01 Å². The van der Waals surface area contributed by atoms with Gasteiger partial charge in [0.1, 0.15) is 6.54 Å². The number of halogens is 3. The predicted molar refractivity (Wildman–Crippen MR) is 149 cm³/mol. The zero-order chi connectivity index (χ0) is 28.3. The van der Waals surface area contributed by atoms with E-state index >= 15 is 0 Å². The predicted octanol–water partition coefficient (Wildman–Crippen LogP) is 6.34. The number of nitrogens with one attached hydrogen (secondary N) is 1. The first kappa shape index (κ1) is 27.9. The summed E-state index contributed by atoms with van der Waals surface area (Å²) in [5.41, 5.74) is 4.97. The molecule has 3 aromatic carbocycles. The SMILES string of the molecule is CCCCc1cccc2c1C(C(=O)N(CC(F)(F)F)N1CCC(NC(=O)c3ccccc3)CC1)c1ccccc1-2. The monoisotopic (exact) mass is 549 g/mol. The molecule has 8 heteroatoms. The Kier molecular flexibility index (Phi) is 8.26. The van der Waals surface area contributed by atoms with Gasteiger partial charge < -0.3 is 5.32 Å². The number of rotatable bonds is 8. The fourth-order valence-corrected chi connectivity index (χ4v) is 5.93. The smallest absolute Gasteiger partial charge is 0.349 e. The highest BCUT2D eigenvalue weighted by Crippen LogP contribution is 2.47. The number of amides is 2. The number of aryl methyl sites for hydroxylation is 1. The Balaban J connectivity index is 1.40. The third-order valence-corrected chi connectivity index (χ3v) is 7.86. The molecule has 5 nitrogen and oxygen atoms in total. The summed E-state index contributed by atoms with van der Waals surface area (Å²) in [6.45, 7) is 1.22. The van der Waals surface area contributed by atoms with Crippen molar-refractivity contribution in [3.05, 3.63) is 95.1 Å². The maximum Gasteiger partial charge on any atom is 0.407 e. The number of benzene rings is 3. The summed E-state index contributed by atoms with van der Waals surface area (Å²) < 4.78 is 41.7. The van der Waals surface area contributed by atoms with E-state index in [0.29, 0.717) is 18.4 Å². The van der Waals surface area contributed by atoms with Crippen molar-refractivity contribution < 1.29 is 22.8 Å². The molecule has 2 amide bonds. The van der Waals surface area contributed by atoms with Crippen molar-refractivity contribution in [1.29, 1.82) is 0 Å². The minimum atomic E-state index is -4.56. The van der Waals surface area contributed by atoms with Gasteiger partial charge in [0, 0.05) is 24.7 Å². The number of hydrazine groups is 1. The third-order valence-electron chi connectivity index (χ3n) is 7.86. The van der Waals surface area contributed by atoms with Crippen molar-refractivity contribution in [3.63, 3.8) is 0 Å². The third kappa shape index (κ3) is 5.92. The molecule has 1 atom stereocenters. The molecule has 0 saturated carbocycles. The summed E-state index contributed by atoms with van der Waals surface area (Å²) in [6, 6.07) is 22.1. The number of hydrogen-bond donors (Lipinski definition) is 1. The Morgan fingerprint density at radius 2 is 1.60 bits per heavy atom. The van der Waals surface area contributed by atoms with E-state index in [2.05, 4.69) is 12.2 Å². The average Bonchev–Trinajstić information content (AvgIpc) is 3.30. The lowest BCUT2D eigenvalue weighted by atomic mass is 9.89. The van der Waals surface area contributed by atoms with Gasteiger partial charge in [0.15, 0.2) is 0 Å².